The number of rotatable bonds is 5. The molecule has 142 valence electrons. The summed E-state index contributed by atoms with van der Waals surface area (Å²) in [5.41, 5.74) is 1.49. The summed E-state index contributed by atoms with van der Waals surface area (Å²) in [7, 11) is -1.74. The van der Waals surface area contributed by atoms with Crippen molar-refractivity contribution in [2.24, 2.45) is 0 Å². The molecule has 9 heteroatoms. The normalized spacial score (nSPS) is 17.9. The second kappa shape index (κ2) is 7.75. The molecule has 2 heterocycles. The van der Waals surface area contributed by atoms with Crippen molar-refractivity contribution < 1.29 is 22.7 Å². The van der Waals surface area contributed by atoms with E-state index in [-0.39, 0.29) is 23.5 Å². The van der Waals surface area contributed by atoms with Gasteiger partial charge in [-0.25, -0.2) is 18.2 Å². The highest BCUT2D eigenvalue weighted by atomic mass is 32.2. The van der Waals surface area contributed by atoms with Crippen molar-refractivity contribution in [3.8, 4) is 0 Å². The first-order chi connectivity index (χ1) is 12.9. The van der Waals surface area contributed by atoms with Crippen molar-refractivity contribution >= 4 is 33.2 Å². The molecule has 2 aromatic rings. The third kappa shape index (κ3) is 4.82. The van der Waals surface area contributed by atoms with Gasteiger partial charge in [-0.2, -0.15) is 0 Å². The van der Waals surface area contributed by atoms with E-state index in [2.05, 4.69) is 20.4 Å². The number of aromatic nitrogens is 1. The van der Waals surface area contributed by atoms with Crippen LogP contribution in [-0.4, -0.2) is 49.9 Å². The first kappa shape index (κ1) is 18.8. The zero-order valence-electron chi connectivity index (χ0n) is 14.6. The Bertz CT molecular complexity index is 957. The number of hydrogen-bond acceptors (Lipinski definition) is 7. The molecule has 1 amide bonds. The smallest absolute Gasteiger partial charge is 0.337 e. The molecule has 8 nitrogen and oxygen atoms in total. The van der Waals surface area contributed by atoms with Crippen LogP contribution < -0.4 is 10.6 Å². The SMILES string of the molecule is COC(=O)c1ccc(Nc2cc(C(=O)NC3CCS(=O)(=O)C3)ccn2)cc1. The average molecular weight is 389 g/mol. The van der Waals surface area contributed by atoms with E-state index in [4.69, 9.17) is 0 Å². The Morgan fingerprint density at radius 1 is 1.15 bits per heavy atom. The Hall–Kier alpha value is -2.94. The van der Waals surface area contributed by atoms with Crippen molar-refractivity contribution in [3.05, 3.63) is 53.7 Å². The maximum Gasteiger partial charge on any atom is 0.337 e. The number of methoxy groups -OCH3 is 1. The molecule has 0 bridgehead atoms. The molecule has 3 rings (SSSR count). The first-order valence-electron chi connectivity index (χ1n) is 8.29. The third-order valence-corrected chi connectivity index (χ3v) is 5.94. The Labute approximate surface area is 156 Å². The van der Waals surface area contributed by atoms with Gasteiger partial charge in [0.25, 0.3) is 5.91 Å². The van der Waals surface area contributed by atoms with Crippen molar-refractivity contribution in [2.75, 3.05) is 23.9 Å². The van der Waals surface area contributed by atoms with Crippen LogP contribution in [0.25, 0.3) is 0 Å². The van der Waals surface area contributed by atoms with Gasteiger partial charge in [0.15, 0.2) is 9.84 Å². The quantitative estimate of drug-likeness (QED) is 0.745. The highest BCUT2D eigenvalue weighted by Gasteiger charge is 2.29. The van der Waals surface area contributed by atoms with Gasteiger partial charge >= 0.3 is 5.97 Å². The van der Waals surface area contributed by atoms with E-state index in [1.165, 1.54) is 13.3 Å². The zero-order chi connectivity index (χ0) is 19.4. The summed E-state index contributed by atoms with van der Waals surface area (Å²) in [4.78, 5) is 28.0. The number of carbonyl (C=O) groups is 2. The molecule has 1 aromatic carbocycles. The van der Waals surface area contributed by atoms with Gasteiger partial charge in [0, 0.05) is 23.5 Å². The molecule has 1 unspecified atom stereocenters. The number of carbonyl (C=O) groups excluding carboxylic acids is 2. The van der Waals surface area contributed by atoms with E-state index in [0.29, 0.717) is 29.1 Å². The summed E-state index contributed by atoms with van der Waals surface area (Å²) in [5.74, 6) is -0.243. The van der Waals surface area contributed by atoms with Crippen LogP contribution in [0.1, 0.15) is 27.1 Å². The van der Waals surface area contributed by atoms with Crippen LogP contribution in [-0.2, 0) is 14.6 Å². The van der Waals surface area contributed by atoms with E-state index in [1.807, 2.05) is 0 Å². The van der Waals surface area contributed by atoms with Crippen molar-refractivity contribution in [2.45, 2.75) is 12.5 Å². The fourth-order valence-corrected chi connectivity index (χ4v) is 4.45. The largest absolute Gasteiger partial charge is 0.465 e. The van der Waals surface area contributed by atoms with Gasteiger partial charge in [-0.05, 0) is 42.8 Å². The summed E-state index contributed by atoms with van der Waals surface area (Å²) < 4.78 is 27.7. The van der Waals surface area contributed by atoms with Gasteiger partial charge in [0.05, 0.1) is 24.2 Å². The molecular weight excluding hydrogens is 370 g/mol. The minimum atomic E-state index is -3.06. The topological polar surface area (TPSA) is 114 Å². The molecule has 1 aliphatic rings. The maximum absolute atomic E-state index is 12.4. The molecule has 27 heavy (non-hydrogen) atoms. The highest BCUT2D eigenvalue weighted by molar-refractivity contribution is 7.91. The summed E-state index contributed by atoms with van der Waals surface area (Å²) in [5, 5.41) is 5.79. The number of amides is 1. The first-order valence-corrected chi connectivity index (χ1v) is 10.1. The molecule has 0 saturated carbocycles. The van der Waals surface area contributed by atoms with Gasteiger partial charge < -0.3 is 15.4 Å². The van der Waals surface area contributed by atoms with Gasteiger partial charge in [-0.1, -0.05) is 0 Å². The molecule has 1 aliphatic heterocycles. The number of ether oxygens (including phenoxy) is 1. The summed E-state index contributed by atoms with van der Waals surface area (Å²) in [6, 6.07) is 9.40. The van der Waals surface area contributed by atoms with Crippen LogP contribution in [0, 0.1) is 0 Å². The highest BCUT2D eigenvalue weighted by Crippen LogP contribution is 2.17. The molecule has 1 atom stereocenters. The Morgan fingerprint density at radius 3 is 2.52 bits per heavy atom. The summed E-state index contributed by atoms with van der Waals surface area (Å²) >= 11 is 0. The van der Waals surface area contributed by atoms with Crippen LogP contribution >= 0.6 is 0 Å². The third-order valence-electron chi connectivity index (χ3n) is 4.17. The van der Waals surface area contributed by atoms with Gasteiger partial charge in [0.2, 0.25) is 0 Å². The maximum atomic E-state index is 12.4. The molecule has 0 spiro atoms. The van der Waals surface area contributed by atoms with Crippen molar-refractivity contribution in [1.82, 2.24) is 10.3 Å². The fourth-order valence-electron chi connectivity index (χ4n) is 2.77. The van der Waals surface area contributed by atoms with E-state index >= 15 is 0 Å². The molecule has 1 fully saturated rings. The lowest BCUT2D eigenvalue weighted by Gasteiger charge is -2.12. The average Bonchev–Trinajstić information content (AvgIpc) is 3.00. The number of nitrogens with zero attached hydrogens (tertiary/aromatic N) is 1. The summed E-state index contributed by atoms with van der Waals surface area (Å²) in [6.45, 7) is 0. The second-order valence-corrected chi connectivity index (χ2v) is 8.43. The Kier molecular flexibility index (Phi) is 5.41. The Morgan fingerprint density at radius 2 is 1.89 bits per heavy atom. The van der Waals surface area contributed by atoms with Gasteiger partial charge in [0.1, 0.15) is 5.82 Å². The van der Waals surface area contributed by atoms with E-state index in [9.17, 15) is 18.0 Å². The standard InChI is InChI=1S/C18H19N3O5S/c1-26-18(23)12-2-4-14(5-3-12)20-16-10-13(6-8-19-16)17(22)21-15-7-9-27(24,25)11-15/h2-6,8,10,15H,7,9,11H2,1H3,(H,19,20)(H,21,22). The lowest BCUT2D eigenvalue weighted by atomic mass is 10.2. The molecule has 2 N–H and O–H groups in total. The Balaban J connectivity index is 1.66. The predicted molar refractivity (Wildman–Crippen MR) is 99.8 cm³/mol. The molecule has 1 saturated heterocycles. The number of sulfone groups is 1. The van der Waals surface area contributed by atoms with Crippen LogP contribution in [0.15, 0.2) is 42.6 Å². The number of esters is 1. The molecule has 0 radical (unpaired) electrons. The molecule has 0 aliphatic carbocycles. The number of hydrogen-bond donors (Lipinski definition) is 2. The van der Waals surface area contributed by atoms with E-state index in [1.54, 1.807) is 36.4 Å². The minimum Gasteiger partial charge on any atom is -0.465 e. The molecular formula is C18H19N3O5S. The van der Waals surface area contributed by atoms with Gasteiger partial charge in [-0.15, -0.1) is 0 Å². The van der Waals surface area contributed by atoms with Gasteiger partial charge in [-0.3, -0.25) is 4.79 Å². The van der Waals surface area contributed by atoms with E-state index < -0.39 is 15.8 Å². The number of anilines is 2. The lowest BCUT2D eigenvalue weighted by molar-refractivity contribution is 0.0600. The second-order valence-electron chi connectivity index (χ2n) is 6.20. The van der Waals surface area contributed by atoms with Crippen LogP contribution in [0.3, 0.4) is 0 Å². The van der Waals surface area contributed by atoms with Crippen molar-refractivity contribution in [1.29, 1.82) is 0 Å². The number of benzene rings is 1. The monoisotopic (exact) mass is 389 g/mol. The summed E-state index contributed by atoms with van der Waals surface area (Å²) in [6.07, 6.45) is 1.92. The van der Waals surface area contributed by atoms with Crippen LogP contribution in [0.4, 0.5) is 11.5 Å². The zero-order valence-corrected chi connectivity index (χ0v) is 15.5. The number of nitrogens with one attached hydrogen (secondary N) is 2. The van der Waals surface area contributed by atoms with Crippen LogP contribution in [0.2, 0.25) is 0 Å². The number of pyridine rings is 1. The van der Waals surface area contributed by atoms with Crippen LogP contribution in [0.5, 0.6) is 0 Å². The van der Waals surface area contributed by atoms with E-state index in [0.717, 1.165) is 0 Å². The predicted octanol–water partition coefficient (Wildman–Crippen LogP) is 1.53. The fraction of sp³-hybridized carbons (Fsp3) is 0.278. The molecule has 1 aromatic heterocycles. The lowest BCUT2D eigenvalue weighted by Crippen LogP contribution is -2.35. The van der Waals surface area contributed by atoms with Crippen molar-refractivity contribution in [3.63, 3.8) is 0 Å². The minimum absolute atomic E-state index is 0.0263.